The summed E-state index contributed by atoms with van der Waals surface area (Å²) in [5, 5.41) is 27.4. The van der Waals surface area contributed by atoms with Gasteiger partial charge < -0.3 is 46.8 Å². The molecule has 0 aliphatic heterocycles. The van der Waals surface area contributed by atoms with Crippen molar-refractivity contribution in [2.45, 2.75) is 56.3 Å². The van der Waals surface area contributed by atoms with Crippen molar-refractivity contribution in [3.8, 4) is 0 Å². The molecule has 0 fully saturated rings. The van der Waals surface area contributed by atoms with Crippen molar-refractivity contribution < 1.29 is 34.2 Å². The second kappa shape index (κ2) is 14.6. The zero-order valence-corrected chi connectivity index (χ0v) is 23.4. The van der Waals surface area contributed by atoms with Gasteiger partial charge in [-0.3, -0.25) is 19.2 Å². The summed E-state index contributed by atoms with van der Waals surface area (Å²) >= 11 is 0. The highest BCUT2D eigenvalue weighted by molar-refractivity contribution is 5.94. The first kappa shape index (κ1) is 31.4. The van der Waals surface area contributed by atoms with Crippen molar-refractivity contribution in [1.82, 2.24) is 40.9 Å². The summed E-state index contributed by atoms with van der Waals surface area (Å²) in [6, 6.07) is 2.23. The molecule has 0 aliphatic carbocycles. The minimum Gasteiger partial charge on any atom is -0.481 e. The lowest BCUT2D eigenvalue weighted by atomic mass is 10.0. The molecule has 0 spiro atoms. The van der Waals surface area contributed by atoms with Crippen molar-refractivity contribution in [2.24, 2.45) is 5.73 Å². The molecule has 0 saturated carbocycles. The zero-order valence-electron chi connectivity index (χ0n) is 23.4. The number of carboxylic acids is 2. The van der Waals surface area contributed by atoms with Gasteiger partial charge in [0.2, 0.25) is 17.7 Å². The predicted molar refractivity (Wildman–Crippen MR) is 155 cm³/mol. The number of hydrogen-bond acceptors (Lipinski definition) is 8. The Balaban J connectivity index is 1.49. The first-order valence-electron chi connectivity index (χ1n) is 13.7. The molecule has 3 aromatic heterocycles. The Morgan fingerprint density at radius 3 is 2.02 bits per heavy atom. The van der Waals surface area contributed by atoms with E-state index >= 15 is 0 Å². The first-order chi connectivity index (χ1) is 21.1. The van der Waals surface area contributed by atoms with Crippen LogP contribution in [-0.2, 0) is 43.2 Å². The van der Waals surface area contributed by atoms with Crippen LogP contribution >= 0.6 is 0 Å². The number of fused-ring (bicyclic) bond motifs is 1. The number of aromatic amines is 3. The Bertz CT molecular complexity index is 1580. The quantitative estimate of drug-likeness (QED) is 0.0779. The van der Waals surface area contributed by atoms with Gasteiger partial charge in [-0.1, -0.05) is 18.2 Å². The fourth-order valence-corrected chi connectivity index (χ4v) is 4.63. The van der Waals surface area contributed by atoms with E-state index in [0.29, 0.717) is 17.0 Å². The van der Waals surface area contributed by atoms with Crippen molar-refractivity contribution >= 4 is 40.6 Å². The Hall–Kier alpha value is -5.51. The molecule has 0 radical (unpaired) electrons. The highest BCUT2D eigenvalue weighted by Crippen LogP contribution is 2.19. The Morgan fingerprint density at radius 1 is 0.773 bits per heavy atom. The summed E-state index contributed by atoms with van der Waals surface area (Å²) in [5.41, 5.74) is 8.50. The van der Waals surface area contributed by atoms with Crippen molar-refractivity contribution in [3.05, 3.63) is 72.5 Å². The van der Waals surface area contributed by atoms with Crippen molar-refractivity contribution in [1.29, 1.82) is 0 Å². The molecule has 0 saturated heterocycles. The molecule has 16 nitrogen and oxygen atoms in total. The predicted octanol–water partition coefficient (Wildman–Crippen LogP) is -0.627. The number of aliphatic carboxylic acids is 2. The van der Waals surface area contributed by atoms with E-state index < -0.39 is 60.2 Å². The van der Waals surface area contributed by atoms with Crippen LogP contribution in [-0.4, -0.2) is 89.0 Å². The molecule has 3 heterocycles. The number of aromatic nitrogens is 5. The molecular weight excluding hydrogens is 574 g/mol. The van der Waals surface area contributed by atoms with Crippen LogP contribution in [0.1, 0.15) is 29.8 Å². The molecule has 232 valence electrons. The maximum absolute atomic E-state index is 13.5. The Morgan fingerprint density at radius 2 is 1.39 bits per heavy atom. The van der Waals surface area contributed by atoms with Gasteiger partial charge in [0.25, 0.3) is 0 Å². The second-order valence-corrected chi connectivity index (χ2v) is 10.2. The number of amides is 3. The molecule has 4 rings (SSSR count). The number of nitrogens with one attached hydrogen (secondary N) is 6. The van der Waals surface area contributed by atoms with Gasteiger partial charge >= 0.3 is 11.9 Å². The van der Waals surface area contributed by atoms with E-state index in [-0.39, 0.29) is 25.7 Å². The zero-order chi connectivity index (χ0) is 31.6. The lowest BCUT2D eigenvalue weighted by molar-refractivity contribution is -0.142. The maximum Gasteiger partial charge on any atom is 0.326 e. The smallest absolute Gasteiger partial charge is 0.326 e. The molecule has 10 N–H and O–H groups in total. The molecule has 16 heteroatoms. The molecule has 0 aliphatic rings. The number of benzene rings is 1. The fourth-order valence-electron chi connectivity index (χ4n) is 4.63. The van der Waals surface area contributed by atoms with Gasteiger partial charge in [-0.15, -0.1) is 0 Å². The Labute approximate surface area is 250 Å². The largest absolute Gasteiger partial charge is 0.481 e. The van der Waals surface area contributed by atoms with Gasteiger partial charge in [-0.25, -0.2) is 14.8 Å². The maximum atomic E-state index is 13.5. The molecular formula is C28H33N9O7. The third-order valence-corrected chi connectivity index (χ3v) is 6.94. The number of carboxylic acid groups (broad SMARTS) is 2. The summed E-state index contributed by atoms with van der Waals surface area (Å²) < 4.78 is 0. The number of nitrogens with zero attached hydrogens (tertiary/aromatic N) is 2. The summed E-state index contributed by atoms with van der Waals surface area (Å²) in [7, 11) is 0. The third-order valence-electron chi connectivity index (χ3n) is 6.94. The molecule has 0 bridgehead atoms. The fraction of sp³-hybridized carbons (Fsp3) is 0.321. The normalized spacial score (nSPS) is 13.8. The number of rotatable bonds is 16. The number of carbonyl (C=O) groups excluding carboxylic acids is 3. The van der Waals surface area contributed by atoms with Crippen molar-refractivity contribution in [3.63, 3.8) is 0 Å². The monoisotopic (exact) mass is 607 g/mol. The molecule has 44 heavy (non-hydrogen) atoms. The van der Waals surface area contributed by atoms with Crippen LogP contribution < -0.4 is 21.7 Å². The van der Waals surface area contributed by atoms with Gasteiger partial charge in [0.05, 0.1) is 18.7 Å². The third kappa shape index (κ3) is 8.51. The van der Waals surface area contributed by atoms with Crippen LogP contribution in [0.2, 0.25) is 0 Å². The number of nitrogens with two attached hydrogens (primary N) is 1. The number of para-hydroxylation sites is 1. The first-order valence-corrected chi connectivity index (χ1v) is 13.7. The summed E-state index contributed by atoms with van der Waals surface area (Å²) in [4.78, 5) is 79.6. The number of imidazole rings is 2. The van der Waals surface area contributed by atoms with Crippen LogP contribution in [0.15, 0.2) is 55.5 Å². The highest BCUT2D eigenvalue weighted by Gasteiger charge is 2.31. The van der Waals surface area contributed by atoms with E-state index in [1.165, 1.54) is 25.0 Å². The molecule has 4 atom stereocenters. The highest BCUT2D eigenvalue weighted by atomic mass is 16.4. The van der Waals surface area contributed by atoms with Crippen LogP contribution in [0.3, 0.4) is 0 Å². The van der Waals surface area contributed by atoms with Crippen LogP contribution in [0.4, 0.5) is 0 Å². The average molecular weight is 608 g/mol. The molecule has 1 aromatic carbocycles. The van der Waals surface area contributed by atoms with E-state index in [0.717, 1.165) is 10.9 Å². The minimum absolute atomic E-state index is 0.0404. The summed E-state index contributed by atoms with van der Waals surface area (Å²) in [6.45, 7) is 0. The number of H-pyrrole nitrogens is 3. The standard InChI is InChI=1S/C28H33N9O7/c29-19(8-16-11-30-13-33-16)25(40)35-21(5-6-24(38)39)26(41)36-22(9-17-12-31-14-34-17)27(42)37-23(28(43)44)7-15-10-32-20-4-2-1-3-18(15)20/h1-4,10-14,19,21-23,32H,5-9,29H2,(H,30,33)(H,31,34)(H,35,40)(H,36,41)(H,37,42)(H,38,39)(H,43,44). The average Bonchev–Trinajstić information content (AvgIpc) is 3.77. The Kier molecular flexibility index (Phi) is 10.4. The summed E-state index contributed by atoms with van der Waals surface area (Å²) in [5.74, 6) is -4.86. The molecule has 4 aromatic rings. The molecule has 4 unspecified atom stereocenters. The summed E-state index contributed by atoms with van der Waals surface area (Å²) in [6.07, 6.45) is 6.58. The van der Waals surface area contributed by atoms with Crippen LogP contribution in [0.5, 0.6) is 0 Å². The van der Waals surface area contributed by atoms with Gasteiger partial charge in [-0.2, -0.15) is 0 Å². The SMILES string of the molecule is NC(Cc1cnc[nH]1)C(=O)NC(CCC(=O)O)C(=O)NC(Cc1cnc[nH]1)C(=O)NC(Cc1c[nH]c2ccccc12)C(=O)O. The van der Waals surface area contributed by atoms with E-state index in [9.17, 15) is 34.2 Å². The van der Waals surface area contributed by atoms with E-state index in [1.54, 1.807) is 6.20 Å². The number of carbonyl (C=O) groups is 5. The lowest BCUT2D eigenvalue weighted by Crippen LogP contribution is -2.58. The van der Waals surface area contributed by atoms with E-state index in [2.05, 4.69) is 40.9 Å². The van der Waals surface area contributed by atoms with E-state index in [1.807, 2.05) is 24.3 Å². The number of hydrogen-bond donors (Lipinski definition) is 9. The second-order valence-electron chi connectivity index (χ2n) is 10.2. The lowest BCUT2D eigenvalue weighted by Gasteiger charge is -2.25. The minimum atomic E-state index is -1.36. The van der Waals surface area contributed by atoms with Crippen LogP contribution in [0, 0.1) is 0 Å². The van der Waals surface area contributed by atoms with Gasteiger partial charge in [0.1, 0.15) is 18.1 Å². The topological polar surface area (TPSA) is 261 Å². The van der Waals surface area contributed by atoms with Gasteiger partial charge in [0, 0.05) is 66.6 Å². The van der Waals surface area contributed by atoms with Gasteiger partial charge in [0.15, 0.2) is 0 Å². The molecule has 3 amide bonds. The van der Waals surface area contributed by atoms with E-state index in [4.69, 9.17) is 5.73 Å². The van der Waals surface area contributed by atoms with Gasteiger partial charge in [-0.05, 0) is 18.1 Å². The van der Waals surface area contributed by atoms with Crippen molar-refractivity contribution in [2.75, 3.05) is 0 Å². The van der Waals surface area contributed by atoms with Crippen LogP contribution in [0.25, 0.3) is 10.9 Å².